The second-order valence-electron chi connectivity index (χ2n) is 6.49. The Morgan fingerprint density at radius 3 is 2.14 bits per heavy atom. The van der Waals surface area contributed by atoms with Gasteiger partial charge in [0.1, 0.15) is 18.0 Å². The van der Waals surface area contributed by atoms with Gasteiger partial charge in [-0.3, -0.25) is 0 Å². The third-order valence-corrected chi connectivity index (χ3v) is 5.16. The van der Waals surface area contributed by atoms with Crippen LogP contribution in [0.5, 0.6) is 0 Å². The zero-order valence-corrected chi connectivity index (χ0v) is 16.4. The molecule has 0 saturated heterocycles. The fourth-order valence-electron chi connectivity index (χ4n) is 2.63. The largest absolute Gasteiger partial charge is 0.370 e. The summed E-state index contributed by atoms with van der Waals surface area (Å²) in [6.45, 7) is 3.41. The molecule has 28 heavy (non-hydrogen) atoms. The monoisotopic (exact) mass is 397 g/mol. The van der Waals surface area contributed by atoms with Gasteiger partial charge in [0, 0.05) is 19.2 Å². The molecular weight excluding hydrogens is 374 g/mol. The van der Waals surface area contributed by atoms with E-state index in [9.17, 15) is 8.42 Å². The van der Waals surface area contributed by atoms with E-state index in [4.69, 9.17) is 5.14 Å². The molecule has 0 bridgehead atoms. The van der Waals surface area contributed by atoms with Gasteiger partial charge >= 0.3 is 0 Å². The lowest BCUT2D eigenvalue weighted by atomic mass is 10.1. The van der Waals surface area contributed by atoms with Crippen LogP contribution in [0.15, 0.2) is 65.8 Å². The smallest absolute Gasteiger partial charge is 0.238 e. The molecule has 0 fully saturated rings. The highest BCUT2D eigenvalue weighted by molar-refractivity contribution is 7.89. The molecule has 0 spiro atoms. The number of nitrogens with two attached hydrogens (primary N) is 1. The van der Waals surface area contributed by atoms with Crippen LogP contribution in [0.25, 0.3) is 0 Å². The standard InChI is InChI=1S/C20H23N5O2S/c1-15-2-4-17(5-3-15)13-23-20-12-19(24-14-25-20)22-11-10-16-6-8-18(9-7-16)28(21,26)27/h2-9,12,14H,10-11,13H2,1H3,(H2,21,26,27)(H2,22,23,24,25). The molecule has 0 aliphatic rings. The summed E-state index contributed by atoms with van der Waals surface area (Å²) in [5.41, 5.74) is 3.42. The average Bonchev–Trinajstić information content (AvgIpc) is 2.68. The Kier molecular flexibility index (Phi) is 6.23. The van der Waals surface area contributed by atoms with Gasteiger partial charge in [0.15, 0.2) is 0 Å². The molecule has 0 aliphatic carbocycles. The van der Waals surface area contributed by atoms with Crippen molar-refractivity contribution in [3.8, 4) is 0 Å². The van der Waals surface area contributed by atoms with E-state index in [1.165, 1.54) is 29.6 Å². The van der Waals surface area contributed by atoms with Crippen LogP contribution in [-0.4, -0.2) is 24.9 Å². The summed E-state index contributed by atoms with van der Waals surface area (Å²) < 4.78 is 22.6. The lowest BCUT2D eigenvalue weighted by Crippen LogP contribution is -2.12. The van der Waals surface area contributed by atoms with Crippen molar-refractivity contribution >= 4 is 21.7 Å². The summed E-state index contributed by atoms with van der Waals surface area (Å²) in [6, 6.07) is 16.8. The van der Waals surface area contributed by atoms with E-state index in [0.717, 1.165) is 23.6 Å². The molecule has 0 saturated carbocycles. The van der Waals surface area contributed by atoms with Gasteiger partial charge in [-0.05, 0) is 36.6 Å². The van der Waals surface area contributed by atoms with Crippen LogP contribution >= 0.6 is 0 Å². The van der Waals surface area contributed by atoms with E-state index in [-0.39, 0.29) is 4.90 Å². The van der Waals surface area contributed by atoms with E-state index < -0.39 is 10.0 Å². The van der Waals surface area contributed by atoms with Gasteiger partial charge in [-0.25, -0.2) is 23.5 Å². The number of nitrogens with zero attached hydrogens (tertiary/aromatic N) is 2. The van der Waals surface area contributed by atoms with Crippen molar-refractivity contribution < 1.29 is 8.42 Å². The van der Waals surface area contributed by atoms with Gasteiger partial charge in [-0.1, -0.05) is 42.0 Å². The lowest BCUT2D eigenvalue weighted by molar-refractivity contribution is 0.598. The number of anilines is 2. The summed E-state index contributed by atoms with van der Waals surface area (Å²) >= 11 is 0. The molecule has 1 heterocycles. The van der Waals surface area contributed by atoms with Crippen LogP contribution in [0.4, 0.5) is 11.6 Å². The molecule has 0 unspecified atom stereocenters. The summed E-state index contributed by atoms with van der Waals surface area (Å²) in [6.07, 6.45) is 2.24. The Labute approximate surface area is 165 Å². The predicted octanol–water partition coefficient (Wildman–Crippen LogP) is 2.70. The minimum atomic E-state index is -3.66. The van der Waals surface area contributed by atoms with Crippen molar-refractivity contribution in [2.75, 3.05) is 17.2 Å². The highest BCUT2D eigenvalue weighted by Crippen LogP contribution is 2.12. The maximum absolute atomic E-state index is 11.3. The molecular formula is C20H23N5O2S. The van der Waals surface area contributed by atoms with Gasteiger partial charge in [0.25, 0.3) is 0 Å². The van der Waals surface area contributed by atoms with Crippen molar-refractivity contribution in [1.82, 2.24) is 9.97 Å². The first-order valence-corrected chi connectivity index (χ1v) is 10.4. The first-order chi connectivity index (χ1) is 13.4. The number of benzene rings is 2. The molecule has 4 N–H and O–H groups in total. The van der Waals surface area contributed by atoms with Crippen molar-refractivity contribution in [2.45, 2.75) is 24.8 Å². The summed E-state index contributed by atoms with van der Waals surface area (Å²) in [5.74, 6) is 1.47. The third-order valence-electron chi connectivity index (χ3n) is 4.23. The zero-order chi connectivity index (χ0) is 20.0. The van der Waals surface area contributed by atoms with Crippen LogP contribution in [0.1, 0.15) is 16.7 Å². The van der Waals surface area contributed by atoms with Crippen LogP contribution < -0.4 is 15.8 Å². The molecule has 7 nitrogen and oxygen atoms in total. The SMILES string of the molecule is Cc1ccc(CNc2cc(NCCc3ccc(S(N)(=O)=O)cc3)ncn2)cc1. The molecule has 146 valence electrons. The first kappa shape index (κ1) is 19.8. The van der Waals surface area contributed by atoms with Crippen molar-refractivity contribution in [3.63, 3.8) is 0 Å². The van der Waals surface area contributed by atoms with Crippen molar-refractivity contribution in [3.05, 3.63) is 77.6 Å². The second kappa shape index (κ2) is 8.81. The molecule has 3 rings (SSSR count). The van der Waals surface area contributed by atoms with Crippen LogP contribution in [0.3, 0.4) is 0 Å². The summed E-state index contributed by atoms with van der Waals surface area (Å²) in [4.78, 5) is 8.58. The van der Waals surface area contributed by atoms with E-state index in [0.29, 0.717) is 13.1 Å². The van der Waals surface area contributed by atoms with E-state index in [1.54, 1.807) is 12.1 Å². The average molecular weight is 398 g/mol. The maximum Gasteiger partial charge on any atom is 0.238 e. The zero-order valence-electron chi connectivity index (χ0n) is 15.6. The van der Waals surface area contributed by atoms with Gasteiger partial charge in [0.05, 0.1) is 4.90 Å². The summed E-state index contributed by atoms with van der Waals surface area (Å²) in [7, 11) is -3.66. The molecule has 0 radical (unpaired) electrons. The van der Waals surface area contributed by atoms with Gasteiger partial charge in [0.2, 0.25) is 10.0 Å². The third kappa shape index (κ3) is 5.77. The number of aromatic nitrogens is 2. The maximum atomic E-state index is 11.3. The topological polar surface area (TPSA) is 110 Å². The number of aryl methyl sites for hydroxylation is 1. The van der Waals surface area contributed by atoms with Crippen LogP contribution in [-0.2, 0) is 23.0 Å². The molecule has 2 aromatic carbocycles. The lowest BCUT2D eigenvalue weighted by Gasteiger charge is -2.09. The number of sulfonamides is 1. The molecule has 0 amide bonds. The van der Waals surface area contributed by atoms with Crippen LogP contribution in [0.2, 0.25) is 0 Å². The van der Waals surface area contributed by atoms with Crippen molar-refractivity contribution in [1.29, 1.82) is 0 Å². The molecule has 1 aromatic heterocycles. The number of nitrogens with one attached hydrogen (secondary N) is 2. The molecule has 0 atom stereocenters. The van der Waals surface area contributed by atoms with Crippen molar-refractivity contribution in [2.24, 2.45) is 5.14 Å². The normalized spacial score (nSPS) is 11.2. The Morgan fingerprint density at radius 2 is 1.50 bits per heavy atom. The Bertz CT molecular complexity index is 1020. The Morgan fingerprint density at radius 1 is 0.893 bits per heavy atom. The number of hydrogen-bond donors (Lipinski definition) is 3. The van der Waals surface area contributed by atoms with E-state index >= 15 is 0 Å². The molecule has 8 heteroatoms. The first-order valence-electron chi connectivity index (χ1n) is 8.87. The fraction of sp³-hybridized carbons (Fsp3) is 0.200. The predicted molar refractivity (Wildman–Crippen MR) is 111 cm³/mol. The molecule has 3 aromatic rings. The Balaban J connectivity index is 1.51. The number of rotatable bonds is 8. The minimum absolute atomic E-state index is 0.115. The number of hydrogen-bond acceptors (Lipinski definition) is 6. The van der Waals surface area contributed by atoms with Gasteiger partial charge < -0.3 is 10.6 Å². The van der Waals surface area contributed by atoms with E-state index in [1.807, 2.05) is 6.07 Å². The van der Waals surface area contributed by atoms with Gasteiger partial charge in [-0.15, -0.1) is 0 Å². The molecule has 0 aliphatic heterocycles. The minimum Gasteiger partial charge on any atom is -0.370 e. The summed E-state index contributed by atoms with van der Waals surface area (Å²) in [5, 5.41) is 11.6. The van der Waals surface area contributed by atoms with Crippen LogP contribution in [0, 0.1) is 6.92 Å². The van der Waals surface area contributed by atoms with E-state index in [2.05, 4.69) is 51.8 Å². The fourth-order valence-corrected chi connectivity index (χ4v) is 3.15. The highest BCUT2D eigenvalue weighted by atomic mass is 32.2. The highest BCUT2D eigenvalue weighted by Gasteiger charge is 2.06. The number of primary sulfonamides is 1. The Hall–Kier alpha value is -2.97. The second-order valence-corrected chi connectivity index (χ2v) is 8.05. The van der Waals surface area contributed by atoms with Gasteiger partial charge in [-0.2, -0.15) is 0 Å². The quantitative estimate of drug-likeness (QED) is 0.539.